The second kappa shape index (κ2) is 5.13. The summed E-state index contributed by atoms with van der Waals surface area (Å²) in [5.74, 6) is 0.758. The van der Waals surface area contributed by atoms with Crippen LogP contribution < -0.4 is 9.64 Å². The number of piperazine rings is 1. The quantitative estimate of drug-likeness (QED) is 0.747. The summed E-state index contributed by atoms with van der Waals surface area (Å²) in [5.41, 5.74) is 0. The molecule has 0 atom stereocenters. The summed E-state index contributed by atoms with van der Waals surface area (Å²) in [7, 11) is 0. The van der Waals surface area contributed by atoms with Crippen molar-refractivity contribution in [2.45, 2.75) is 25.8 Å². The van der Waals surface area contributed by atoms with Crippen LogP contribution in [-0.4, -0.2) is 53.1 Å². The Balaban J connectivity index is 1.58. The predicted octanol–water partition coefficient (Wildman–Crippen LogP) is 0.686. The van der Waals surface area contributed by atoms with Gasteiger partial charge < -0.3 is 9.64 Å². The van der Waals surface area contributed by atoms with E-state index in [4.69, 9.17) is 4.74 Å². The Bertz CT molecular complexity index is 450. The van der Waals surface area contributed by atoms with Crippen LogP contribution in [-0.2, 0) is 4.79 Å². The Hall–Kier alpha value is -1.69. The molecule has 1 saturated heterocycles. The average molecular weight is 262 g/mol. The van der Waals surface area contributed by atoms with Crippen LogP contribution in [0, 0.1) is 0 Å². The molecule has 0 bridgehead atoms. The number of nitrogens with zero attached hydrogens (tertiary/aromatic N) is 4. The summed E-state index contributed by atoms with van der Waals surface area (Å²) in [5, 5.41) is 0. The lowest BCUT2D eigenvalue weighted by molar-refractivity contribution is -0.131. The van der Waals surface area contributed by atoms with Crippen molar-refractivity contribution in [1.29, 1.82) is 0 Å². The maximum absolute atomic E-state index is 10.8. The third-order valence-electron chi connectivity index (χ3n) is 3.54. The van der Waals surface area contributed by atoms with Gasteiger partial charge in [-0.15, -0.1) is 0 Å². The highest BCUT2D eigenvalue weighted by atomic mass is 16.5. The lowest BCUT2D eigenvalue weighted by Crippen LogP contribution is -2.47. The number of hydrogen-bond donors (Lipinski definition) is 0. The van der Waals surface area contributed by atoms with Crippen LogP contribution in [0.5, 0.6) is 5.75 Å². The molecule has 1 aliphatic carbocycles. The van der Waals surface area contributed by atoms with Crippen molar-refractivity contribution in [3.63, 3.8) is 0 Å². The fourth-order valence-corrected chi connectivity index (χ4v) is 2.42. The molecule has 1 aliphatic heterocycles. The largest absolute Gasteiger partial charge is 0.423 e. The number of carbonyl (C=O) groups excluding carboxylic acids is 1. The molecule has 6 nitrogen and oxygen atoms in total. The molecule has 1 aromatic heterocycles. The third kappa shape index (κ3) is 3.01. The van der Waals surface area contributed by atoms with Gasteiger partial charge in [-0.3, -0.25) is 9.69 Å². The molecule has 6 heteroatoms. The Morgan fingerprint density at radius 2 is 1.84 bits per heavy atom. The average Bonchev–Trinajstić information content (AvgIpc) is 3.24. The van der Waals surface area contributed by atoms with Crippen LogP contribution in [0.4, 0.5) is 5.95 Å². The SMILES string of the molecule is CC(=O)Oc1cnc(N2CCN(C3CC3)CC2)nc1. The van der Waals surface area contributed by atoms with Crippen molar-refractivity contribution in [2.24, 2.45) is 0 Å². The molecule has 1 aromatic rings. The fraction of sp³-hybridized carbons (Fsp3) is 0.615. The zero-order valence-electron chi connectivity index (χ0n) is 11.1. The third-order valence-corrected chi connectivity index (χ3v) is 3.54. The van der Waals surface area contributed by atoms with Gasteiger partial charge in [-0.05, 0) is 12.8 Å². The molecule has 19 heavy (non-hydrogen) atoms. The Morgan fingerprint density at radius 1 is 1.21 bits per heavy atom. The lowest BCUT2D eigenvalue weighted by Gasteiger charge is -2.34. The van der Waals surface area contributed by atoms with Gasteiger partial charge in [0.2, 0.25) is 5.95 Å². The van der Waals surface area contributed by atoms with E-state index in [9.17, 15) is 4.79 Å². The molecule has 3 rings (SSSR count). The van der Waals surface area contributed by atoms with Gasteiger partial charge in [0, 0.05) is 39.1 Å². The molecule has 0 amide bonds. The van der Waals surface area contributed by atoms with Gasteiger partial charge in [-0.1, -0.05) is 0 Å². The summed E-state index contributed by atoms with van der Waals surface area (Å²) >= 11 is 0. The molecule has 2 fully saturated rings. The molecular weight excluding hydrogens is 244 g/mol. The predicted molar refractivity (Wildman–Crippen MR) is 70.1 cm³/mol. The highest BCUT2D eigenvalue weighted by Gasteiger charge is 2.31. The molecule has 0 N–H and O–H groups in total. The lowest BCUT2D eigenvalue weighted by atomic mass is 10.3. The van der Waals surface area contributed by atoms with Crippen molar-refractivity contribution in [3.05, 3.63) is 12.4 Å². The van der Waals surface area contributed by atoms with Gasteiger partial charge in [-0.25, -0.2) is 9.97 Å². The van der Waals surface area contributed by atoms with E-state index in [1.165, 1.54) is 19.8 Å². The Morgan fingerprint density at radius 3 is 2.37 bits per heavy atom. The molecule has 1 saturated carbocycles. The smallest absolute Gasteiger partial charge is 0.308 e. The number of rotatable bonds is 3. The van der Waals surface area contributed by atoms with E-state index in [-0.39, 0.29) is 5.97 Å². The first-order valence-corrected chi connectivity index (χ1v) is 6.72. The van der Waals surface area contributed by atoms with Crippen molar-refractivity contribution >= 4 is 11.9 Å². The summed E-state index contributed by atoms with van der Waals surface area (Å²) in [6, 6.07) is 0.828. The zero-order valence-corrected chi connectivity index (χ0v) is 11.1. The van der Waals surface area contributed by atoms with Gasteiger partial charge in [0.05, 0.1) is 12.4 Å². The minimum atomic E-state index is -0.352. The maximum atomic E-state index is 10.8. The van der Waals surface area contributed by atoms with E-state index in [0.717, 1.165) is 32.2 Å². The van der Waals surface area contributed by atoms with E-state index < -0.39 is 0 Å². The van der Waals surface area contributed by atoms with Gasteiger partial charge in [0.25, 0.3) is 0 Å². The van der Waals surface area contributed by atoms with Crippen LogP contribution in [0.1, 0.15) is 19.8 Å². The highest BCUT2D eigenvalue weighted by molar-refractivity contribution is 5.69. The van der Waals surface area contributed by atoms with Crippen LogP contribution in [0.2, 0.25) is 0 Å². The fourth-order valence-electron chi connectivity index (χ4n) is 2.42. The van der Waals surface area contributed by atoms with E-state index >= 15 is 0 Å². The van der Waals surface area contributed by atoms with Gasteiger partial charge in [-0.2, -0.15) is 0 Å². The van der Waals surface area contributed by atoms with Crippen LogP contribution in [0.3, 0.4) is 0 Å². The first-order valence-electron chi connectivity index (χ1n) is 6.72. The minimum absolute atomic E-state index is 0.352. The van der Waals surface area contributed by atoms with Gasteiger partial charge in [0.15, 0.2) is 5.75 Å². The Kier molecular flexibility index (Phi) is 3.33. The maximum Gasteiger partial charge on any atom is 0.308 e. The molecule has 0 aromatic carbocycles. The van der Waals surface area contributed by atoms with Crippen molar-refractivity contribution < 1.29 is 9.53 Å². The molecule has 0 spiro atoms. The minimum Gasteiger partial charge on any atom is -0.423 e. The van der Waals surface area contributed by atoms with Gasteiger partial charge in [0.1, 0.15) is 0 Å². The monoisotopic (exact) mass is 262 g/mol. The van der Waals surface area contributed by atoms with E-state index in [1.807, 2.05) is 0 Å². The number of carbonyl (C=O) groups is 1. The first-order chi connectivity index (χ1) is 9.22. The molecule has 102 valence electrons. The normalized spacial score (nSPS) is 20.4. The second-order valence-corrected chi connectivity index (χ2v) is 5.07. The van der Waals surface area contributed by atoms with Crippen LogP contribution in [0.15, 0.2) is 12.4 Å². The summed E-state index contributed by atoms with van der Waals surface area (Å²) in [6.07, 6.45) is 5.81. The molecular formula is C13H18N4O2. The molecule has 2 heterocycles. The van der Waals surface area contributed by atoms with E-state index in [0.29, 0.717) is 11.7 Å². The summed E-state index contributed by atoms with van der Waals surface area (Å²) < 4.78 is 4.92. The standard InChI is InChI=1S/C13H18N4O2/c1-10(18)19-12-8-14-13(15-9-12)17-6-4-16(5-7-17)11-2-3-11/h8-9,11H,2-7H2,1H3. The van der Waals surface area contributed by atoms with Crippen molar-refractivity contribution in [2.75, 3.05) is 31.1 Å². The summed E-state index contributed by atoms with van der Waals surface area (Å²) in [6.45, 7) is 5.46. The van der Waals surface area contributed by atoms with Gasteiger partial charge >= 0.3 is 5.97 Å². The first kappa shape index (κ1) is 12.3. The number of esters is 1. The number of ether oxygens (including phenoxy) is 1. The second-order valence-electron chi connectivity index (χ2n) is 5.07. The number of aromatic nitrogens is 2. The summed E-state index contributed by atoms with van der Waals surface area (Å²) in [4.78, 5) is 24.1. The number of hydrogen-bond acceptors (Lipinski definition) is 6. The topological polar surface area (TPSA) is 58.6 Å². The van der Waals surface area contributed by atoms with Crippen molar-refractivity contribution in [3.8, 4) is 5.75 Å². The highest BCUT2D eigenvalue weighted by Crippen LogP contribution is 2.28. The van der Waals surface area contributed by atoms with Crippen LogP contribution in [0.25, 0.3) is 0 Å². The Labute approximate surface area is 112 Å². The van der Waals surface area contributed by atoms with E-state index in [2.05, 4.69) is 19.8 Å². The molecule has 2 aliphatic rings. The molecule has 0 unspecified atom stereocenters. The van der Waals surface area contributed by atoms with E-state index in [1.54, 1.807) is 12.4 Å². The zero-order chi connectivity index (χ0) is 13.2. The van der Waals surface area contributed by atoms with Crippen LogP contribution >= 0.6 is 0 Å². The van der Waals surface area contributed by atoms with Crippen molar-refractivity contribution in [1.82, 2.24) is 14.9 Å². The molecule has 0 radical (unpaired) electrons. The number of anilines is 1.